The van der Waals surface area contributed by atoms with Crippen molar-refractivity contribution in [2.45, 2.75) is 18.9 Å². The number of carbonyl (C=O) groups excluding carboxylic acids is 3. The highest BCUT2D eigenvalue weighted by Crippen LogP contribution is 2.18. The fourth-order valence-electron chi connectivity index (χ4n) is 2.28. The molecule has 0 bridgehead atoms. The predicted octanol–water partition coefficient (Wildman–Crippen LogP) is -1.03. The van der Waals surface area contributed by atoms with Gasteiger partial charge in [-0.15, -0.1) is 0 Å². The first-order chi connectivity index (χ1) is 12.5. The highest BCUT2D eigenvalue weighted by atomic mass is 16.2. The lowest BCUT2D eigenvalue weighted by Crippen LogP contribution is -2.48. The Morgan fingerprint density at radius 1 is 1.12 bits per heavy atom. The van der Waals surface area contributed by atoms with Gasteiger partial charge in [-0.1, -0.05) is 18.2 Å². The monoisotopic (exact) mass is 364 g/mol. The minimum atomic E-state index is -0.958. The Morgan fingerprint density at radius 2 is 1.73 bits per heavy atom. The quantitative estimate of drug-likeness (QED) is 0.384. The Morgan fingerprint density at radius 3 is 2.31 bits per heavy atom. The molecule has 3 amide bonds. The Balaban J connectivity index is 0.00000146. The lowest BCUT2D eigenvalue weighted by atomic mass is 10.1. The van der Waals surface area contributed by atoms with E-state index in [0.29, 0.717) is 0 Å². The first-order valence-electron chi connectivity index (χ1n) is 8.01. The van der Waals surface area contributed by atoms with E-state index >= 15 is 0 Å². The van der Waals surface area contributed by atoms with Gasteiger partial charge in [-0.3, -0.25) is 14.4 Å². The van der Waals surface area contributed by atoms with Crippen LogP contribution >= 0.6 is 0 Å². The van der Waals surface area contributed by atoms with Crippen molar-refractivity contribution in [2.75, 3.05) is 21.1 Å². The average Bonchev–Trinajstić information content (AvgIpc) is 3.06. The lowest BCUT2D eigenvalue weighted by Gasteiger charge is -2.15. The molecule has 2 aromatic rings. The molecule has 1 aromatic heterocycles. The van der Waals surface area contributed by atoms with E-state index < -0.39 is 17.9 Å². The van der Waals surface area contributed by atoms with Gasteiger partial charge >= 0.3 is 0 Å². The molecule has 1 aromatic carbocycles. The number of H-pyrrole nitrogens is 1. The topological polar surface area (TPSA) is 169 Å². The number of para-hydroxylation sites is 1. The van der Waals surface area contributed by atoms with Crippen LogP contribution < -0.4 is 27.8 Å². The number of nitrogens with two attached hydrogens (primary N) is 3. The van der Waals surface area contributed by atoms with E-state index in [9.17, 15) is 14.4 Å². The second kappa shape index (κ2) is 12.5. The molecule has 26 heavy (non-hydrogen) atoms. The van der Waals surface area contributed by atoms with Gasteiger partial charge in [0.05, 0.1) is 12.8 Å². The number of aromatic nitrogens is 1. The third-order valence-electron chi connectivity index (χ3n) is 3.33. The number of fused-ring (bicyclic) bond motifs is 1. The molecule has 9 N–H and O–H groups in total. The molecule has 1 atom stereocenters. The number of hydrogen-bond acceptors (Lipinski definition) is 5. The molecular weight excluding hydrogens is 336 g/mol. The maximum Gasteiger partial charge on any atom is 0.242 e. The van der Waals surface area contributed by atoms with Crippen LogP contribution in [-0.4, -0.2) is 49.9 Å². The minimum Gasteiger partial charge on any atom is -0.370 e. The summed E-state index contributed by atoms with van der Waals surface area (Å²) in [5.41, 5.74) is 15.9. The van der Waals surface area contributed by atoms with Crippen LogP contribution in [0.15, 0.2) is 30.5 Å². The summed E-state index contributed by atoms with van der Waals surface area (Å²) in [5.74, 6) is -1.45. The number of likely N-dealkylation sites (N-methyl/N-ethyl adjacent to an activating group) is 1. The zero-order valence-corrected chi connectivity index (χ0v) is 15.3. The molecule has 2 rings (SSSR count). The third kappa shape index (κ3) is 6.91. The normalized spacial score (nSPS) is 10.5. The highest BCUT2D eigenvalue weighted by Gasteiger charge is 2.22. The SMILES string of the molecule is CN.CN.CNC(=O)[C@H](CC(N)=O)NC(=O)Cc1c[nH]c2ccccc12. The van der Waals surface area contributed by atoms with E-state index in [1.165, 1.54) is 21.1 Å². The summed E-state index contributed by atoms with van der Waals surface area (Å²) in [5, 5.41) is 5.88. The lowest BCUT2D eigenvalue weighted by molar-refractivity contribution is -0.130. The summed E-state index contributed by atoms with van der Waals surface area (Å²) in [4.78, 5) is 37.8. The van der Waals surface area contributed by atoms with Crippen LogP contribution in [0.2, 0.25) is 0 Å². The van der Waals surface area contributed by atoms with E-state index in [2.05, 4.69) is 27.1 Å². The van der Waals surface area contributed by atoms with E-state index in [4.69, 9.17) is 5.73 Å². The van der Waals surface area contributed by atoms with Crippen molar-refractivity contribution in [3.63, 3.8) is 0 Å². The smallest absolute Gasteiger partial charge is 0.242 e. The van der Waals surface area contributed by atoms with E-state index in [0.717, 1.165) is 16.5 Å². The fourth-order valence-corrected chi connectivity index (χ4v) is 2.28. The van der Waals surface area contributed by atoms with Crippen LogP contribution in [0.4, 0.5) is 0 Å². The predicted molar refractivity (Wildman–Crippen MR) is 102 cm³/mol. The summed E-state index contributed by atoms with van der Waals surface area (Å²) in [6, 6.07) is 6.65. The van der Waals surface area contributed by atoms with Crippen molar-refractivity contribution >= 4 is 28.6 Å². The van der Waals surface area contributed by atoms with Crippen LogP contribution in [0.3, 0.4) is 0 Å². The van der Waals surface area contributed by atoms with E-state index in [-0.39, 0.29) is 18.7 Å². The van der Waals surface area contributed by atoms with Gasteiger partial charge in [-0.05, 0) is 25.7 Å². The standard InChI is InChI=1S/C15H18N4O3.2CH5N/c1-17-15(22)12(7-13(16)20)19-14(21)6-9-8-18-11-5-3-2-4-10(9)11;2*1-2/h2-5,8,12,18H,6-7H2,1H3,(H2,16,20)(H,17,22)(H,19,21);2*2H2,1H3/t12-;;/m0../s1. The number of primary amides is 1. The van der Waals surface area contributed by atoms with Crippen molar-refractivity contribution < 1.29 is 14.4 Å². The largest absolute Gasteiger partial charge is 0.370 e. The molecule has 0 saturated heterocycles. The summed E-state index contributed by atoms with van der Waals surface area (Å²) in [6.07, 6.45) is 1.63. The molecule has 9 heteroatoms. The van der Waals surface area contributed by atoms with Crippen LogP contribution in [0, 0.1) is 0 Å². The van der Waals surface area contributed by atoms with Crippen LogP contribution in [0.25, 0.3) is 10.9 Å². The molecule has 0 saturated carbocycles. The number of rotatable bonds is 6. The van der Waals surface area contributed by atoms with Crippen LogP contribution in [0.5, 0.6) is 0 Å². The van der Waals surface area contributed by atoms with Crippen molar-refractivity contribution in [3.05, 3.63) is 36.0 Å². The molecular formula is C17H28N6O3. The second-order valence-electron chi connectivity index (χ2n) is 4.94. The molecule has 0 aliphatic heterocycles. The molecule has 0 unspecified atom stereocenters. The van der Waals surface area contributed by atoms with Gasteiger partial charge in [-0.25, -0.2) is 0 Å². The average molecular weight is 364 g/mol. The van der Waals surface area contributed by atoms with Gasteiger partial charge in [0, 0.05) is 24.1 Å². The number of benzene rings is 1. The highest BCUT2D eigenvalue weighted by molar-refractivity contribution is 5.93. The number of carbonyl (C=O) groups is 3. The fraction of sp³-hybridized carbons (Fsp3) is 0.353. The number of aromatic amines is 1. The third-order valence-corrected chi connectivity index (χ3v) is 3.33. The molecule has 0 aliphatic carbocycles. The number of hydrogen-bond donors (Lipinski definition) is 6. The number of nitrogens with one attached hydrogen (secondary N) is 3. The van der Waals surface area contributed by atoms with Crippen molar-refractivity contribution in [1.82, 2.24) is 15.6 Å². The molecule has 0 aliphatic rings. The van der Waals surface area contributed by atoms with Gasteiger partial charge in [0.25, 0.3) is 0 Å². The Kier molecular flexibility index (Phi) is 11.1. The molecule has 0 radical (unpaired) electrons. The Hall–Kier alpha value is -2.91. The zero-order chi connectivity index (χ0) is 20.1. The maximum atomic E-state index is 12.1. The van der Waals surface area contributed by atoms with Crippen LogP contribution in [0.1, 0.15) is 12.0 Å². The Bertz CT molecular complexity index is 713. The van der Waals surface area contributed by atoms with Gasteiger partial charge in [0.15, 0.2) is 0 Å². The van der Waals surface area contributed by atoms with Crippen molar-refractivity contribution in [1.29, 1.82) is 0 Å². The van der Waals surface area contributed by atoms with Crippen molar-refractivity contribution in [3.8, 4) is 0 Å². The van der Waals surface area contributed by atoms with Gasteiger partial charge in [0.1, 0.15) is 6.04 Å². The minimum absolute atomic E-state index is 0.107. The summed E-state index contributed by atoms with van der Waals surface area (Å²) >= 11 is 0. The van der Waals surface area contributed by atoms with Crippen LogP contribution in [-0.2, 0) is 20.8 Å². The number of amides is 3. The zero-order valence-electron chi connectivity index (χ0n) is 15.3. The first kappa shape index (κ1) is 23.1. The first-order valence-corrected chi connectivity index (χ1v) is 8.01. The summed E-state index contributed by atoms with van der Waals surface area (Å²) in [7, 11) is 4.43. The molecule has 9 nitrogen and oxygen atoms in total. The maximum absolute atomic E-state index is 12.1. The summed E-state index contributed by atoms with van der Waals surface area (Å²) < 4.78 is 0. The van der Waals surface area contributed by atoms with E-state index in [1.54, 1.807) is 6.20 Å². The molecule has 0 spiro atoms. The van der Waals surface area contributed by atoms with Gasteiger partial charge in [0.2, 0.25) is 17.7 Å². The molecule has 1 heterocycles. The molecule has 0 fully saturated rings. The molecule has 144 valence electrons. The Labute approximate surface area is 152 Å². The van der Waals surface area contributed by atoms with Gasteiger partial charge < -0.3 is 32.8 Å². The van der Waals surface area contributed by atoms with E-state index in [1.807, 2.05) is 24.3 Å². The van der Waals surface area contributed by atoms with Crippen molar-refractivity contribution in [2.24, 2.45) is 17.2 Å². The second-order valence-corrected chi connectivity index (χ2v) is 4.94. The summed E-state index contributed by atoms with van der Waals surface area (Å²) in [6.45, 7) is 0. The van der Waals surface area contributed by atoms with Gasteiger partial charge in [-0.2, -0.15) is 0 Å².